The molecule has 0 saturated heterocycles. The molecule has 0 heterocycles. The van der Waals surface area contributed by atoms with Gasteiger partial charge in [-0.1, -0.05) is 20.8 Å². The first-order chi connectivity index (χ1) is 7.53. The first kappa shape index (κ1) is 13.5. The Bertz CT molecular complexity index is 242. The third-order valence-electron chi connectivity index (χ3n) is 3.38. The van der Waals surface area contributed by atoms with Crippen molar-refractivity contribution < 1.29 is 4.74 Å². The van der Waals surface area contributed by atoms with Crippen LogP contribution < -0.4 is 0 Å². The molecule has 0 aromatic rings. The molecule has 2 heteroatoms. The number of hydrogen-bond donors (Lipinski definition) is 0. The Morgan fingerprint density at radius 1 is 1.31 bits per heavy atom. The topological polar surface area (TPSA) is 33.0 Å². The molecule has 1 aliphatic carbocycles. The van der Waals surface area contributed by atoms with E-state index in [9.17, 15) is 0 Å². The van der Waals surface area contributed by atoms with E-state index in [1.807, 2.05) is 0 Å². The average Bonchev–Trinajstić information content (AvgIpc) is 2.14. The first-order valence-electron chi connectivity index (χ1n) is 6.52. The van der Waals surface area contributed by atoms with Crippen molar-refractivity contribution >= 4 is 0 Å². The van der Waals surface area contributed by atoms with Crippen LogP contribution in [0.5, 0.6) is 0 Å². The molecule has 0 bridgehead atoms. The van der Waals surface area contributed by atoms with Gasteiger partial charge in [0.25, 0.3) is 0 Å². The van der Waals surface area contributed by atoms with Gasteiger partial charge in [-0.05, 0) is 43.4 Å². The van der Waals surface area contributed by atoms with E-state index in [-0.39, 0.29) is 0 Å². The van der Waals surface area contributed by atoms with E-state index in [0.29, 0.717) is 17.9 Å². The SMILES string of the molecule is CC1CC(OCCCCC#N)CC(C)(C)C1. The van der Waals surface area contributed by atoms with E-state index < -0.39 is 0 Å². The van der Waals surface area contributed by atoms with Crippen molar-refractivity contribution in [3.05, 3.63) is 0 Å². The Kier molecular flexibility index (Phi) is 5.28. The highest BCUT2D eigenvalue weighted by Gasteiger charge is 2.32. The molecule has 2 nitrogen and oxygen atoms in total. The average molecular weight is 223 g/mol. The molecule has 2 atom stereocenters. The zero-order valence-corrected chi connectivity index (χ0v) is 11.0. The lowest BCUT2D eigenvalue weighted by Gasteiger charge is -2.38. The second kappa shape index (κ2) is 6.25. The third kappa shape index (κ3) is 4.99. The van der Waals surface area contributed by atoms with Crippen LogP contribution in [0, 0.1) is 22.7 Å². The summed E-state index contributed by atoms with van der Waals surface area (Å²) in [5.74, 6) is 0.785. The summed E-state index contributed by atoms with van der Waals surface area (Å²) in [4.78, 5) is 0. The number of hydrogen-bond acceptors (Lipinski definition) is 2. The summed E-state index contributed by atoms with van der Waals surface area (Å²) in [6, 6.07) is 2.17. The molecule has 0 spiro atoms. The molecule has 16 heavy (non-hydrogen) atoms. The van der Waals surface area contributed by atoms with Crippen LogP contribution in [0.15, 0.2) is 0 Å². The standard InChI is InChI=1S/C14H25NO/c1-12-9-13(11-14(2,3)10-12)16-8-6-4-5-7-15/h12-13H,4-6,8-11H2,1-3H3. The summed E-state index contributed by atoms with van der Waals surface area (Å²) >= 11 is 0. The molecule has 0 radical (unpaired) electrons. The second-order valence-electron chi connectivity index (χ2n) is 6.02. The lowest BCUT2D eigenvalue weighted by atomic mass is 9.71. The Morgan fingerprint density at radius 2 is 2.06 bits per heavy atom. The van der Waals surface area contributed by atoms with Gasteiger partial charge < -0.3 is 4.74 Å². The van der Waals surface area contributed by atoms with E-state index in [1.54, 1.807) is 0 Å². The van der Waals surface area contributed by atoms with Crippen LogP contribution in [0.25, 0.3) is 0 Å². The maximum absolute atomic E-state index is 8.43. The molecule has 0 aromatic heterocycles. The molecule has 2 unspecified atom stereocenters. The van der Waals surface area contributed by atoms with E-state index >= 15 is 0 Å². The van der Waals surface area contributed by atoms with Crippen molar-refractivity contribution in [3.8, 4) is 6.07 Å². The van der Waals surface area contributed by atoms with E-state index in [4.69, 9.17) is 10.00 Å². The van der Waals surface area contributed by atoms with Gasteiger partial charge in [-0.2, -0.15) is 5.26 Å². The second-order valence-corrected chi connectivity index (χ2v) is 6.02. The van der Waals surface area contributed by atoms with Gasteiger partial charge in [0.2, 0.25) is 0 Å². The number of unbranched alkanes of at least 4 members (excludes halogenated alkanes) is 2. The molecule has 1 fully saturated rings. The smallest absolute Gasteiger partial charge is 0.0621 e. The molecule has 0 N–H and O–H groups in total. The Morgan fingerprint density at radius 3 is 2.69 bits per heavy atom. The van der Waals surface area contributed by atoms with E-state index in [0.717, 1.165) is 25.4 Å². The first-order valence-corrected chi connectivity index (χ1v) is 6.52. The summed E-state index contributed by atoms with van der Waals surface area (Å²) in [7, 11) is 0. The molecule has 92 valence electrons. The number of ether oxygens (including phenoxy) is 1. The Hall–Kier alpha value is -0.550. The van der Waals surface area contributed by atoms with Crippen molar-refractivity contribution in [1.29, 1.82) is 5.26 Å². The number of rotatable bonds is 5. The van der Waals surface area contributed by atoms with Gasteiger partial charge >= 0.3 is 0 Å². The monoisotopic (exact) mass is 223 g/mol. The van der Waals surface area contributed by atoms with Crippen LogP contribution in [0.1, 0.15) is 59.3 Å². The number of nitrogens with zero attached hydrogens (tertiary/aromatic N) is 1. The summed E-state index contributed by atoms with van der Waals surface area (Å²) in [6.45, 7) is 7.84. The van der Waals surface area contributed by atoms with Crippen LogP contribution in [0.2, 0.25) is 0 Å². The maximum Gasteiger partial charge on any atom is 0.0621 e. The van der Waals surface area contributed by atoms with Crippen molar-refractivity contribution in [2.45, 2.75) is 65.4 Å². The van der Waals surface area contributed by atoms with Crippen LogP contribution in [0.4, 0.5) is 0 Å². The molecule has 0 aromatic carbocycles. The molecule has 1 aliphatic rings. The molecule has 0 aliphatic heterocycles. The summed E-state index contributed by atoms with van der Waals surface area (Å²) in [5, 5.41) is 8.43. The number of nitriles is 1. The van der Waals surface area contributed by atoms with Gasteiger partial charge in [-0.15, -0.1) is 0 Å². The van der Waals surface area contributed by atoms with Crippen LogP contribution in [0.3, 0.4) is 0 Å². The maximum atomic E-state index is 8.43. The minimum absolute atomic E-state index is 0.439. The highest BCUT2D eigenvalue weighted by atomic mass is 16.5. The fourth-order valence-corrected chi connectivity index (χ4v) is 2.94. The van der Waals surface area contributed by atoms with Crippen LogP contribution in [-0.4, -0.2) is 12.7 Å². The van der Waals surface area contributed by atoms with Crippen LogP contribution in [-0.2, 0) is 4.74 Å². The van der Waals surface area contributed by atoms with Gasteiger partial charge in [0.15, 0.2) is 0 Å². The molecule has 0 amide bonds. The van der Waals surface area contributed by atoms with Gasteiger partial charge in [0.1, 0.15) is 0 Å². The van der Waals surface area contributed by atoms with Gasteiger partial charge in [-0.3, -0.25) is 0 Å². The predicted octanol–water partition coefficient (Wildman–Crippen LogP) is 3.91. The minimum Gasteiger partial charge on any atom is -0.378 e. The highest BCUT2D eigenvalue weighted by Crippen LogP contribution is 2.39. The van der Waals surface area contributed by atoms with Gasteiger partial charge in [-0.25, -0.2) is 0 Å². The molecule has 1 rings (SSSR count). The van der Waals surface area contributed by atoms with E-state index in [1.165, 1.54) is 19.3 Å². The highest BCUT2D eigenvalue weighted by molar-refractivity contribution is 4.83. The lowest BCUT2D eigenvalue weighted by molar-refractivity contribution is -0.0238. The minimum atomic E-state index is 0.439. The lowest BCUT2D eigenvalue weighted by Crippen LogP contribution is -2.32. The van der Waals surface area contributed by atoms with Crippen molar-refractivity contribution in [2.24, 2.45) is 11.3 Å². The van der Waals surface area contributed by atoms with Crippen LogP contribution >= 0.6 is 0 Å². The molecule has 1 saturated carbocycles. The van der Waals surface area contributed by atoms with Crippen molar-refractivity contribution in [2.75, 3.05) is 6.61 Å². The quantitative estimate of drug-likeness (QED) is 0.662. The predicted molar refractivity (Wildman–Crippen MR) is 66.0 cm³/mol. The Labute approximate surface area is 100.0 Å². The van der Waals surface area contributed by atoms with Crippen molar-refractivity contribution in [3.63, 3.8) is 0 Å². The fraction of sp³-hybridized carbons (Fsp3) is 0.929. The summed E-state index contributed by atoms with van der Waals surface area (Å²) < 4.78 is 5.93. The molecular formula is C14H25NO. The largest absolute Gasteiger partial charge is 0.378 e. The third-order valence-corrected chi connectivity index (χ3v) is 3.38. The fourth-order valence-electron chi connectivity index (χ4n) is 2.94. The zero-order chi connectivity index (χ0) is 12.0. The summed E-state index contributed by atoms with van der Waals surface area (Å²) in [5.41, 5.74) is 0.439. The van der Waals surface area contributed by atoms with Gasteiger partial charge in [0, 0.05) is 13.0 Å². The zero-order valence-electron chi connectivity index (χ0n) is 11.0. The van der Waals surface area contributed by atoms with E-state index in [2.05, 4.69) is 26.8 Å². The Balaban J connectivity index is 2.19. The molecular weight excluding hydrogens is 198 g/mol. The van der Waals surface area contributed by atoms with Crippen molar-refractivity contribution in [1.82, 2.24) is 0 Å². The summed E-state index contributed by atoms with van der Waals surface area (Å²) in [6.07, 6.45) is 6.83. The van der Waals surface area contributed by atoms with Gasteiger partial charge in [0.05, 0.1) is 12.2 Å². The normalized spacial score (nSPS) is 28.6.